The maximum Gasteiger partial charge on any atom is 0.277 e. The molecule has 0 unspecified atom stereocenters. The Kier molecular flexibility index (Phi) is 5.76. The van der Waals surface area contributed by atoms with Crippen LogP contribution < -0.4 is 14.8 Å². The lowest BCUT2D eigenvalue weighted by atomic mass is 9.99. The van der Waals surface area contributed by atoms with E-state index in [0.29, 0.717) is 22.6 Å². The van der Waals surface area contributed by atoms with Crippen molar-refractivity contribution in [2.75, 3.05) is 12.5 Å². The fourth-order valence-electron chi connectivity index (χ4n) is 3.39. The van der Waals surface area contributed by atoms with Crippen molar-refractivity contribution in [2.45, 2.75) is 11.3 Å². The van der Waals surface area contributed by atoms with Crippen LogP contribution in [0.1, 0.15) is 17.2 Å². The van der Waals surface area contributed by atoms with Gasteiger partial charge in [-0.3, -0.25) is 4.79 Å². The minimum atomic E-state index is -0.239. The van der Waals surface area contributed by atoms with E-state index in [-0.39, 0.29) is 24.5 Å². The molecule has 1 aliphatic heterocycles. The lowest BCUT2D eigenvalue weighted by Crippen LogP contribution is -2.30. The van der Waals surface area contributed by atoms with E-state index < -0.39 is 0 Å². The molecule has 2 heterocycles. The number of hydrogen-bond donors (Lipinski definition) is 1. The molecular weight excluding hydrogens is 426 g/mol. The quantitative estimate of drug-likeness (QED) is 0.420. The fraction of sp³-hybridized carbons (Fsp3) is 0.125. The van der Waals surface area contributed by atoms with Crippen LogP contribution in [0.3, 0.4) is 0 Å². The van der Waals surface area contributed by atoms with Crippen LogP contribution >= 0.6 is 11.8 Å². The first-order valence-electron chi connectivity index (χ1n) is 10.0. The summed E-state index contributed by atoms with van der Waals surface area (Å²) in [5, 5.41) is 11.6. The SMILES string of the molecule is O=C(CSc1nnc(-c2ccc3c(c2)OCO3)o1)NC(c1ccccc1)c1ccccc1. The smallest absolute Gasteiger partial charge is 0.277 e. The molecule has 0 radical (unpaired) electrons. The number of nitrogens with one attached hydrogen (secondary N) is 1. The van der Waals surface area contributed by atoms with E-state index >= 15 is 0 Å². The van der Waals surface area contributed by atoms with E-state index in [0.717, 1.165) is 16.7 Å². The molecule has 5 rings (SSSR count). The number of nitrogens with zero attached hydrogens (tertiary/aromatic N) is 2. The number of rotatable bonds is 7. The summed E-state index contributed by atoms with van der Waals surface area (Å²) in [6.45, 7) is 0.200. The molecule has 0 bridgehead atoms. The molecule has 0 saturated heterocycles. The van der Waals surface area contributed by atoms with Crippen LogP contribution in [0.2, 0.25) is 0 Å². The maximum atomic E-state index is 12.7. The summed E-state index contributed by atoms with van der Waals surface area (Å²) in [5.41, 5.74) is 2.76. The van der Waals surface area contributed by atoms with Crippen molar-refractivity contribution in [2.24, 2.45) is 0 Å². The summed E-state index contributed by atoms with van der Waals surface area (Å²) in [6.07, 6.45) is 0. The summed E-state index contributed by atoms with van der Waals surface area (Å²) in [5.74, 6) is 1.71. The van der Waals surface area contributed by atoms with Gasteiger partial charge in [0.2, 0.25) is 18.6 Å². The normalized spacial score (nSPS) is 12.2. The van der Waals surface area contributed by atoms with Crippen LogP contribution in [0.4, 0.5) is 0 Å². The van der Waals surface area contributed by atoms with E-state index in [4.69, 9.17) is 13.9 Å². The van der Waals surface area contributed by atoms with Crippen LogP contribution in [-0.4, -0.2) is 28.7 Å². The van der Waals surface area contributed by atoms with Crippen LogP contribution in [0.5, 0.6) is 11.5 Å². The van der Waals surface area contributed by atoms with Gasteiger partial charge in [-0.05, 0) is 29.3 Å². The summed E-state index contributed by atoms with van der Waals surface area (Å²) in [6, 6.07) is 24.9. The average molecular weight is 446 g/mol. The van der Waals surface area contributed by atoms with E-state index in [1.54, 1.807) is 12.1 Å². The molecule has 1 N–H and O–H groups in total. The molecule has 0 spiro atoms. The third-order valence-electron chi connectivity index (χ3n) is 4.92. The molecule has 1 amide bonds. The maximum absolute atomic E-state index is 12.7. The Bertz CT molecular complexity index is 1170. The molecule has 1 aromatic heterocycles. The van der Waals surface area contributed by atoms with Crippen molar-refractivity contribution in [1.82, 2.24) is 15.5 Å². The number of carbonyl (C=O) groups is 1. The Labute approximate surface area is 188 Å². The number of carbonyl (C=O) groups excluding carboxylic acids is 1. The fourth-order valence-corrected chi connectivity index (χ4v) is 3.97. The molecule has 8 heteroatoms. The third kappa shape index (κ3) is 4.45. The molecule has 0 fully saturated rings. The Balaban J connectivity index is 1.24. The molecule has 0 aliphatic carbocycles. The van der Waals surface area contributed by atoms with E-state index in [9.17, 15) is 4.79 Å². The summed E-state index contributed by atoms with van der Waals surface area (Å²) in [7, 11) is 0. The lowest BCUT2D eigenvalue weighted by Gasteiger charge is -2.19. The van der Waals surface area contributed by atoms with Gasteiger partial charge in [-0.25, -0.2) is 0 Å². The topological polar surface area (TPSA) is 86.5 Å². The van der Waals surface area contributed by atoms with E-state index in [1.807, 2.05) is 66.7 Å². The minimum absolute atomic E-state index is 0.129. The molecule has 7 nitrogen and oxygen atoms in total. The van der Waals surface area contributed by atoms with Gasteiger partial charge in [0.15, 0.2) is 11.5 Å². The standard InChI is InChI=1S/C24H19N3O4S/c28-21(25-22(16-7-3-1-4-8-16)17-9-5-2-6-10-17)14-32-24-27-26-23(31-24)18-11-12-19-20(13-18)30-15-29-19/h1-13,22H,14-15H2,(H,25,28). The zero-order chi connectivity index (χ0) is 21.8. The highest BCUT2D eigenvalue weighted by molar-refractivity contribution is 7.99. The second kappa shape index (κ2) is 9.15. The molecule has 32 heavy (non-hydrogen) atoms. The van der Waals surface area contributed by atoms with Gasteiger partial charge in [-0.1, -0.05) is 72.4 Å². The predicted molar refractivity (Wildman–Crippen MR) is 119 cm³/mol. The first-order valence-corrected chi connectivity index (χ1v) is 11.0. The molecule has 3 aromatic carbocycles. The highest BCUT2D eigenvalue weighted by Gasteiger charge is 2.19. The lowest BCUT2D eigenvalue weighted by molar-refractivity contribution is -0.119. The van der Waals surface area contributed by atoms with Crippen LogP contribution in [0.25, 0.3) is 11.5 Å². The molecule has 0 atom stereocenters. The Morgan fingerprint density at radius 3 is 2.31 bits per heavy atom. The largest absolute Gasteiger partial charge is 0.454 e. The van der Waals surface area contributed by atoms with Crippen molar-refractivity contribution in [3.8, 4) is 23.0 Å². The first kappa shape index (κ1) is 20.1. The number of benzene rings is 3. The van der Waals surface area contributed by atoms with Gasteiger partial charge < -0.3 is 19.2 Å². The monoisotopic (exact) mass is 445 g/mol. The second-order valence-electron chi connectivity index (χ2n) is 7.05. The number of hydrogen-bond acceptors (Lipinski definition) is 7. The molecule has 160 valence electrons. The van der Waals surface area contributed by atoms with Gasteiger partial charge in [-0.2, -0.15) is 0 Å². The molecule has 0 saturated carbocycles. The number of amides is 1. The van der Waals surface area contributed by atoms with Gasteiger partial charge in [0.25, 0.3) is 5.22 Å². The van der Waals surface area contributed by atoms with E-state index in [1.165, 1.54) is 11.8 Å². The van der Waals surface area contributed by atoms with Crippen molar-refractivity contribution >= 4 is 17.7 Å². The Hall–Kier alpha value is -3.78. The molecular formula is C24H19N3O4S. The number of ether oxygens (including phenoxy) is 2. The highest BCUT2D eigenvalue weighted by atomic mass is 32.2. The average Bonchev–Trinajstić information content (AvgIpc) is 3.51. The van der Waals surface area contributed by atoms with Gasteiger partial charge in [0.1, 0.15) is 0 Å². The predicted octanol–water partition coefficient (Wildman–Crippen LogP) is 4.46. The van der Waals surface area contributed by atoms with Crippen molar-refractivity contribution in [1.29, 1.82) is 0 Å². The van der Waals surface area contributed by atoms with Crippen molar-refractivity contribution in [3.05, 3.63) is 90.0 Å². The Morgan fingerprint density at radius 2 is 1.59 bits per heavy atom. The first-order chi connectivity index (χ1) is 15.8. The zero-order valence-electron chi connectivity index (χ0n) is 16.9. The highest BCUT2D eigenvalue weighted by Crippen LogP contribution is 2.36. The second-order valence-corrected chi connectivity index (χ2v) is 7.98. The van der Waals surface area contributed by atoms with Crippen LogP contribution in [0.15, 0.2) is 88.5 Å². The summed E-state index contributed by atoms with van der Waals surface area (Å²) in [4.78, 5) is 12.7. The van der Waals surface area contributed by atoms with Gasteiger partial charge in [0, 0.05) is 5.56 Å². The number of aromatic nitrogens is 2. The van der Waals surface area contributed by atoms with Gasteiger partial charge in [-0.15, -0.1) is 10.2 Å². The molecule has 4 aromatic rings. The molecule has 1 aliphatic rings. The number of thioether (sulfide) groups is 1. The summed E-state index contributed by atoms with van der Waals surface area (Å²) >= 11 is 1.19. The van der Waals surface area contributed by atoms with Crippen molar-refractivity contribution < 1.29 is 18.7 Å². The van der Waals surface area contributed by atoms with Crippen LogP contribution in [-0.2, 0) is 4.79 Å². The van der Waals surface area contributed by atoms with Gasteiger partial charge >= 0.3 is 0 Å². The third-order valence-corrected chi connectivity index (χ3v) is 5.74. The minimum Gasteiger partial charge on any atom is -0.454 e. The van der Waals surface area contributed by atoms with Crippen LogP contribution in [0, 0.1) is 0 Å². The van der Waals surface area contributed by atoms with E-state index in [2.05, 4.69) is 15.5 Å². The zero-order valence-corrected chi connectivity index (χ0v) is 17.7. The summed E-state index contributed by atoms with van der Waals surface area (Å²) < 4.78 is 16.4. The number of fused-ring (bicyclic) bond motifs is 1. The van der Waals surface area contributed by atoms with Gasteiger partial charge in [0.05, 0.1) is 11.8 Å². The Morgan fingerprint density at radius 1 is 0.906 bits per heavy atom. The van der Waals surface area contributed by atoms with Crippen molar-refractivity contribution in [3.63, 3.8) is 0 Å².